The summed E-state index contributed by atoms with van der Waals surface area (Å²) in [5.74, 6) is -0.225. The second-order valence-corrected chi connectivity index (χ2v) is 9.48. The number of para-hydroxylation sites is 1. The van der Waals surface area contributed by atoms with Crippen LogP contribution in [0.1, 0.15) is 43.0 Å². The highest BCUT2D eigenvalue weighted by atomic mass is 32.1. The molecule has 1 unspecified atom stereocenters. The molecular weight excluding hydrogens is 473 g/mol. The normalized spacial score (nSPS) is 22.8. The summed E-state index contributed by atoms with van der Waals surface area (Å²) in [5, 5.41) is 5.77. The zero-order chi connectivity index (χ0) is 25.3. The van der Waals surface area contributed by atoms with Gasteiger partial charge in [-0.25, -0.2) is 9.18 Å². The Morgan fingerprint density at radius 1 is 1.14 bits per heavy atom. The quantitative estimate of drug-likeness (QED) is 0.277. The Hall–Kier alpha value is -3.03. The summed E-state index contributed by atoms with van der Waals surface area (Å²) < 4.78 is 22.1. The number of benzene rings is 2. The minimum atomic E-state index is -0.225. The lowest BCUT2D eigenvalue weighted by atomic mass is 9.81. The summed E-state index contributed by atoms with van der Waals surface area (Å²) in [7, 11) is 0. The molecular formula is C29H32FN3O2S. The SMILES string of the molecule is CCNC(=O)Nc1ccccc1CC[C@]12CCC3=Cc4c(ccn4-c4ccc(F)cc4)CC31O2.CS. The Labute approximate surface area is 217 Å². The minimum absolute atomic E-state index is 0.132. The number of thiol groups is 1. The van der Waals surface area contributed by atoms with Gasteiger partial charge < -0.3 is 19.9 Å². The van der Waals surface area contributed by atoms with Crippen molar-refractivity contribution < 1.29 is 13.9 Å². The standard InChI is InChI=1S/C28H28FN3O2.CH4S/c1-2-30-26(33)31-24-6-4-3-5-19(24)11-14-27-15-12-21-17-25-20(18-28(21,27)34-27)13-16-32(25)23-9-7-22(29)8-10-23;1-2/h3-10,13,16-17H,2,11-12,14-15,18H2,1H3,(H2,30,31,33);2H,1H3/t27-,28?;/m0./s1. The molecule has 0 bridgehead atoms. The fourth-order valence-corrected chi connectivity index (χ4v) is 5.92. The highest BCUT2D eigenvalue weighted by molar-refractivity contribution is 7.79. The lowest BCUT2D eigenvalue weighted by Crippen LogP contribution is -2.29. The number of nitrogens with one attached hydrogen (secondary N) is 2. The molecule has 0 radical (unpaired) electrons. The van der Waals surface area contributed by atoms with Crippen molar-refractivity contribution in [3.63, 3.8) is 0 Å². The molecule has 3 aromatic rings. The molecule has 2 aromatic carbocycles. The molecule has 2 N–H and O–H groups in total. The van der Waals surface area contributed by atoms with E-state index in [9.17, 15) is 9.18 Å². The van der Waals surface area contributed by atoms with E-state index in [0.29, 0.717) is 6.54 Å². The third-order valence-corrected chi connectivity index (χ3v) is 7.65. The van der Waals surface area contributed by atoms with E-state index in [0.717, 1.165) is 49.0 Å². The van der Waals surface area contributed by atoms with Crippen molar-refractivity contribution in [1.29, 1.82) is 0 Å². The minimum Gasteiger partial charge on any atom is -0.357 e. The van der Waals surface area contributed by atoms with Crippen molar-refractivity contribution in [3.8, 4) is 5.69 Å². The topological polar surface area (TPSA) is 58.6 Å². The molecule has 2 amide bonds. The van der Waals surface area contributed by atoms with Crippen LogP contribution in [-0.4, -0.2) is 34.6 Å². The number of epoxide rings is 1. The smallest absolute Gasteiger partial charge is 0.319 e. The molecule has 6 rings (SSSR count). The first-order chi connectivity index (χ1) is 17.5. The molecule has 1 aromatic heterocycles. The van der Waals surface area contributed by atoms with Gasteiger partial charge >= 0.3 is 6.03 Å². The van der Waals surface area contributed by atoms with Crippen LogP contribution >= 0.6 is 12.6 Å². The van der Waals surface area contributed by atoms with Crippen molar-refractivity contribution in [2.45, 2.75) is 50.2 Å². The van der Waals surface area contributed by atoms with E-state index in [2.05, 4.69) is 52.2 Å². The first kappa shape index (κ1) is 24.7. The maximum atomic E-state index is 13.4. The Balaban J connectivity index is 0.00000130. The van der Waals surface area contributed by atoms with Crippen LogP contribution < -0.4 is 10.6 Å². The Morgan fingerprint density at radius 3 is 2.69 bits per heavy atom. The number of amides is 2. The van der Waals surface area contributed by atoms with Crippen LogP contribution in [0, 0.1) is 5.82 Å². The number of nitrogens with zero attached hydrogens (tertiary/aromatic N) is 1. The van der Waals surface area contributed by atoms with Gasteiger partial charge in [-0.2, -0.15) is 12.6 Å². The molecule has 36 heavy (non-hydrogen) atoms. The number of halogens is 1. The first-order valence-corrected chi connectivity index (χ1v) is 13.4. The second kappa shape index (κ2) is 9.79. The molecule has 5 nitrogen and oxygen atoms in total. The highest BCUT2D eigenvalue weighted by Crippen LogP contribution is 2.67. The fraction of sp³-hybridized carbons (Fsp3) is 0.345. The number of carbonyl (C=O) groups excluding carboxylic acids is 1. The number of rotatable bonds is 6. The van der Waals surface area contributed by atoms with Gasteiger partial charge in [0, 0.05) is 36.2 Å². The zero-order valence-corrected chi connectivity index (χ0v) is 21.6. The Kier molecular flexibility index (Phi) is 6.70. The maximum Gasteiger partial charge on any atom is 0.319 e. The number of aryl methyl sites for hydroxylation is 1. The van der Waals surface area contributed by atoms with E-state index in [-0.39, 0.29) is 23.1 Å². The van der Waals surface area contributed by atoms with E-state index in [1.807, 2.05) is 37.3 Å². The lowest BCUT2D eigenvalue weighted by molar-refractivity contribution is 0.235. The number of anilines is 1. The van der Waals surface area contributed by atoms with Gasteiger partial charge in [0.05, 0.1) is 0 Å². The third-order valence-electron chi connectivity index (χ3n) is 7.65. The van der Waals surface area contributed by atoms with E-state index >= 15 is 0 Å². The molecule has 2 heterocycles. The summed E-state index contributed by atoms with van der Waals surface area (Å²) in [5.41, 5.74) is 6.44. The van der Waals surface area contributed by atoms with Gasteiger partial charge in [0.2, 0.25) is 0 Å². The summed E-state index contributed by atoms with van der Waals surface area (Å²) in [4.78, 5) is 12.0. The van der Waals surface area contributed by atoms with Crippen LogP contribution in [-0.2, 0) is 17.6 Å². The van der Waals surface area contributed by atoms with Crippen LogP contribution in [0.3, 0.4) is 0 Å². The lowest BCUT2D eigenvalue weighted by Gasteiger charge is -2.21. The molecule has 2 aliphatic carbocycles. The predicted molar refractivity (Wildman–Crippen MR) is 146 cm³/mol. The molecule has 1 aliphatic heterocycles. The number of ether oxygens (including phenoxy) is 1. The predicted octanol–water partition coefficient (Wildman–Crippen LogP) is 6.18. The third kappa shape index (κ3) is 4.14. The van der Waals surface area contributed by atoms with Gasteiger partial charge in [-0.15, -0.1) is 0 Å². The molecule has 188 valence electrons. The van der Waals surface area contributed by atoms with E-state index in [1.165, 1.54) is 29.0 Å². The van der Waals surface area contributed by atoms with Crippen LogP contribution in [0.2, 0.25) is 0 Å². The molecule has 1 saturated carbocycles. The van der Waals surface area contributed by atoms with Crippen molar-refractivity contribution in [2.24, 2.45) is 0 Å². The second-order valence-electron chi connectivity index (χ2n) is 9.48. The van der Waals surface area contributed by atoms with Crippen LogP contribution in [0.4, 0.5) is 14.9 Å². The summed E-state index contributed by atoms with van der Waals surface area (Å²) >= 11 is 3.53. The van der Waals surface area contributed by atoms with Crippen molar-refractivity contribution in [1.82, 2.24) is 9.88 Å². The molecule has 7 heteroatoms. The Morgan fingerprint density at radius 2 is 1.92 bits per heavy atom. The number of fused-ring (bicyclic) bond motifs is 1. The van der Waals surface area contributed by atoms with Crippen molar-refractivity contribution in [3.05, 3.63) is 89.0 Å². The first-order valence-electron chi connectivity index (χ1n) is 12.5. The number of carbonyl (C=O) groups is 1. The number of urea groups is 1. The van der Waals surface area contributed by atoms with Gasteiger partial charge in [-0.1, -0.05) is 18.2 Å². The summed E-state index contributed by atoms with van der Waals surface area (Å²) in [6, 6.07) is 16.6. The van der Waals surface area contributed by atoms with Gasteiger partial charge in [0.25, 0.3) is 0 Å². The molecule has 1 saturated heterocycles. The van der Waals surface area contributed by atoms with Crippen LogP contribution in [0.5, 0.6) is 0 Å². The molecule has 1 spiro atoms. The average Bonchev–Trinajstić information content (AvgIpc) is 3.16. The molecule has 2 atom stereocenters. The Bertz CT molecular complexity index is 1300. The molecule has 2 fully saturated rings. The number of aromatic nitrogens is 1. The monoisotopic (exact) mass is 505 g/mol. The fourth-order valence-electron chi connectivity index (χ4n) is 5.92. The number of hydrogen-bond acceptors (Lipinski definition) is 3. The van der Waals surface area contributed by atoms with E-state index < -0.39 is 0 Å². The van der Waals surface area contributed by atoms with Gasteiger partial charge in [0.1, 0.15) is 17.0 Å². The van der Waals surface area contributed by atoms with Crippen molar-refractivity contribution in [2.75, 3.05) is 18.1 Å². The van der Waals surface area contributed by atoms with Gasteiger partial charge in [-0.05, 0) is 98.0 Å². The largest absolute Gasteiger partial charge is 0.357 e. The van der Waals surface area contributed by atoms with E-state index in [4.69, 9.17) is 4.74 Å². The van der Waals surface area contributed by atoms with Gasteiger partial charge in [-0.3, -0.25) is 0 Å². The van der Waals surface area contributed by atoms with Crippen LogP contribution in [0.25, 0.3) is 11.8 Å². The molecule has 3 aliphatic rings. The highest BCUT2D eigenvalue weighted by Gasteiger charge is 2.74. The average molecular weight is 506 g/mol. The van der Waals surface area contributed by atoms with E-state index in [1.54, 1.807) is 6.26 Å². The maximum absolute atomic E-state index is 13.4. The van der Waals surface area contributed by atoms with Gasteiger partial charge in [0.15, 0.2) is 0 Å². The van der Waals surface area contributed by atoms with Crippen LogP contribution in [0.15, 0.2) is 66.4 Å². The summed E-state index contributed by atoms with van der Waals surface area (Å²) in [6.45, 7) is 2.50. The summed E-state index contributed by atoms with van der Waals surface area (Å²) in [6.07, 6.45) is 10.8. The zero-order valence-electron chi connectivity index (χ0n) is 20.7. The van der Waals surface area contributed by atoms with Crippen molar-refractivity contribution >= 4 is 30.4 Å². The number of hydrogen-bond donors (Lipinski definition) is 3.